The lowest BCUT2D eigenvalue weighted by Gasteiger charge is -2.37. The molecule has 2 aliphatic rings. The summed E-state index contributed by atoms with van der Waals surface area (Å²) in [4.78, 5) is 0. The van der Waals surface area contributed by atoms with Crippen LogP contribution in [0.5, 0.6) is 0 Å². The molecule has 1 aromatic rings. The molecule has 0 atom stereocenters. The van der Waals surface area contributed by atoms with E-state index in [1.165, 1.54) is 0 Å². The molecular weight excluding hydrogens is 268 g/mol. The van der Waals surface area contributed by atoms with Crippen molar-refractivity contribution in [3.63, 3.8) is 0 Å². The van der Waals surface area contributed by atoms with Crippen LogP contribution in [0, 0.1) is 5.41 Å². The van der Waals surface area contributed by atoms with Crippen molar-refractivity contribution in [1.82, 2.24) is 19.7 Å². The molecule has 2 fully saturated rings. The Hall–Kier alpha value is -0.990. The molecule has 1 aliphatic heterocycles. The zero-order chi connectivity index (χ0) is 13.5. The maximum Gasteiger partial charge on any atom is 0.214 e. The third-order valence-electron chi connectivity index (χ3n) is 3.45. The van der Waals surface area contributed by atoms with E-state index < -0.39 is 10.0 Å². The molecule has 1 N–H and O–H groups in total. The number of rotatable bonds is 6. The van der Waals surface area contributed by atoms with Gasteiger partial charge in [-0.15, -0.1) is 5.10 Å². The van der Waals surface area contributed by atoms with Crippen LogP contribution in [-0.4, -0.2) is 41.9 Å². The lowest BCUT2D eigenvalue weighted by Crippen LogP contribution is -2.43. The molecule has 0 bridgehead atoms. The van der Waals surface area contributed by atoms with Gasteiger partial charge in [0.05, 0.1) is 37.2 Å². The van der Waals surface area contributed by atoms with Gasteiger partial charge in [-0.3, -0.25) is 4.68 Å². The SMILES string of the molecule is CC1(Cn2cc(CNS(=O)(=O)C3CC3)nn2)COC1. The molecule has 0 spiro atoms. The Balaban J connectivity index is 1.56. The predicted octanol–water partition coefficient (Wildman–Crippen LogP) is -0.104. The van der Waals surface area contributed by atoms with Crippen molar-refractivity contribution in [2.45, 2.75) is 38.1 Å². The van der Waals surface area contributed by atoms with Gasteiger partial charge >= 0.3 is 0 Å². The predicted molar refractivity (Wildman–Crippen MR) is 67.7 cm³/mol. The van der Waals surface area contributed by atoms with Crippen LogP contribution in [0.4, 0.5) is 0 Å². The monoisotopic (exact) mass is 286 g/mol. The summed E-state index contributed by atoms with van der Waals surface area (Å²) in [5.41, 5.74) is 0.770. The second-order valence-corrected chi connectivity index (χ2v) is 7.82. The van der Waals surface area contributed by atoms with E-state index in [9.17, 15) is 8.42 Å². The molecule has 0 aromatic carbocycles. The Bertz CT molecular complexity index is 560. The molecule has 0 unspecified atom stereocenters. The molecule has 1 saturated heterocycles. The Kier molecular flexibility index (Phi) is 3.11. The normalized spacial score (nSPS) is 22.2. The van der Waals surface area contributed by atoms with Gasteiger partial charge in [0.2, 0.25) is 10.0 Å². The van der Waals surface area contributed by atoms with Gasteiger partial charge in [-0.2, -0.15) is 0 Å². The van der Waals surface area contributed by atoms with E-state index in [4.69, 9.17) is 4.74 Å². The van der Waals surface area contributed by atoms with Crippen LogP contribution in [0.1, 0.15) is 25.5 Å². The topological polar surface area (TPSA) is 86.1 Å². The van der Waals surface area contributed by atoms with Crippen LogP contribution in [0.25, 0.3) is 0 Å². The fourth-order valence-electron chi connectivity index (χ4n) is 2.10. The van der Waals surface area contributed by atoms with E-state index >= 15 is 0 Å². The van der Waals surface area contributed by atoms with Crippen LogP contribution in [0.3, 0.4) is 0 Å². The summed E-state index contributed by atoms with van der Waals surface area (Å²) in [6.45, 7) is 4.56. The molecule has 19 heavy (non-hydrogen) atoms. The Morgan fingerprint density at radius 3 is 2.84 bits per heavy atom. The van der Waals surface area contributed by atoms with Crippen molar-refractivity contribution >= 4 is 10.0 Å². The number of aromatic nitrogens is 3. The highest BCUT2D eigenvalue weighted by Gasteiger charge is 2.36. The van der Waals surface area contributed by atoms with E-state index in [0.29, 0.717) is 5.69 Å². The maximum atomic E-state index is 11.7. The molecule has 1 saturated carbocycles. The van der Waals surface area contributed by atoms with Crippen molar-refractivity contribution in [1.29, 1.82) is 0 Å². The van der Waals surface area contributed by atoms with E-state index in [1.807, 2.05) is 0 Å². The van der Waals surface area contributed by atoms with Gasteiger partial charge < -0.3 is 4.74 Å². The van der Waals surface area contributed by atoms with Gasteiger partial charge in [-0.1, -0.05) is 12.1 Å². The first-order chi connectivity index (χ1) is 8.97. The molecule has 3 rings (SSSR count). The molecule has 1 aromatic heterocycles. The van der Waals surface area contributed by atoms with Crippen LogP contribution >= 0.6 is 0 Å². The van der Waals surface area contributed by atoms with Gasteiger partial charge in [0.25, 0.3) is 0 Å². The summed E-state index contributed by atoms with van der Waals surface area (Å²) in [7, 11) is -3.15. The van der Waals surface area contributed by atoms with Crippen LogP contribution in [0.2, 0.25) is 0 Å². The van der Waals surface area contributed by atoms with Crippen molar-refractivity contribution in [2.75, 3.05) is 13.2 Å². The van der Waals surface area contributed by atoms with Gasteiger partial charge in [-0.05, 0) is 12.8 Å². The molecule has 7 nitrogen and oxygen atoms in total. The fourth-order valence-corrected chi connectivity index (χ4v) is 3.44. The number of ether oxygens (including phenoxy) is 1. The Morgan fingerprint density at radius 2 is 2.26 bits per heavy atom. The molecule has 1 aliphatic carbocycles. The molecule has 0 amide bonds. The van der Waals surface area contributed by atoms with Gasteiger partial charge in [-0.25, -0.2) is 13.1 Å². The molecule has 106 valence electrons. The second-order valence-electron chi connectivity index (χ2n) is 5.78. The third-order valence-corrected chi connectivity index (χ3v) is 5.34. The highest BCUT2D eigenvalue weighted by Crippen LogP contribution is 2.28. The number of sulfonamides is 1. The minimum Gasteiger partial charge on any atom is -0.380 e. The molecule has 2 heterocycles. The number of nitrogens with one attached hydrogen (secondary N) is 1. The minimum absolute atomic E-state index is 0.123. The van der Waals surface area contributed by atoms with E-state index in [-0.39, 0.29) is 17.2 Å². The third kappa shape index (κ3) is 2.96. The first-order valence-electron chi connectivity index (χ1n) is 6.42. The van der Waals surface area contributed by atoms with Gasteiger partial charge in [0, 0.05) is 11.6 Å². The zero-order valence-corrected chi connectivity index (χ0v) is 11.7. The summed E-state index contributed by atoms with van der Waals surface area (Å²) in [6.07, 6.45) is 3.32. The van der Waals surface area contributed by atoms with Crippen LogP contribution in [-0.2, 0) is 27.8 Å². The van der Waals surface area contributed by atoms with E-state index in [2.05, 4.69) is 22.0 Å². The van der Waals surface area contributed by atoms with Crippen LogP contribution in [0.15, 0.2) is 6.20 Å². The average molecular weight is 286 g/mol. The number of hydrogen-bond acceptors (Lipinski definition) is 5. The lowest BCUT2D eigenvalue weighted by atomic mass is 9.89. The van der Waals surface area contributed by atoms with E-state index in [0.717, 1.165) is 32.6 Å². The zero-order valence-electron chi connectivity index (χ0n) is 10.9. The highest BCUT2D eigenvalue weighted by molar-refractivity contribution is 7.90. The Morgan fingerprint density at radius 1 is 1.53 bits per heavy atom. The summed E-state index contributed by atoms with van der Waals surface area (Å²) >= 11 is 0. The Labute approximate surface area is 112 Å². The lowest BCUT2D eigenvalue weighted by molar-refractivity contribution is -0.111. The quantitative estimate of drug-likeness (QED) is 0.789. The first-order valence-corrected chi connectivity index (χ1v) is 7.97. The average Bonchev–Trinajstić information content (AvgIpc) is 3.08. The summed E-state index contributed by atoms with van der Waals surface area (Å²) in [6, 6.07) is 0. The van der Waals surface area contributed by atoms with Crippen molar-refractivity contribution in [3.05, 3.63) is 11.9 Å². The summed E-state index contributed by atoms with van der Waals surface area (Å²) in [5, 5.41) is 7.81. The number of hydrogen-bond donors (Lipinski definition) is 1. The minimum atomic E-state index is -3.15. The van der Waals surface area contributed by atoms with Gasteiger partial charge in [0.1, 0.15) is 0 Å². The van der Waals surface area contributed by atoms with Gasteiger partial charge in [0.15, 0.2) is 0 Å². The largest absolute Gasteiger partial charge is 0.380 e. The fraction of sp³-hybridized carbons (Fsp3) is 0.818. The first kappa shape index (κ1) is 13.0. The van der Waals surface area contributed by atoms with Crippen molar-refractivity contribution in [2.24, 2.45) is 5.41 Å². The second kappa shape index (κ2) is 4.53. The summed E-state index contributed by atoms with van der Waals surface area (Å²) in [5.74, 6) is 0. The number of nitrogens with zero attached hydrogens (tertiary/aromatic N) is 3. The standard InChI is InChI=1S/C11H18N4O3S/c1-11(7-18-8-11)6-15-5-9(13-14-15)4-12-19(16,17)10-2-3-10/h5,10,12H,2-4,6-8H2,1H3. The maximum absolute atomic E-state index is 11.7. The van der Waals surface area contributed by atoms with Crippen molar-refractivity contribution < 1.29 is 13.2 Å². The molecule has 0 radical (unpaired) electrons. The van der Waals surface area contributed by atoms with Crippen LogP contribution < -0.4 is 4.72 Å². The van der Waals surface area contributed by atoms with Crippen molar-refractivity contribution in [3.8, 4) is 0 Å². The molecular formula is C11H18N4O3S. The van der Waals surface area contributed by atoms with E-state index in [1.54, 1.807) is 10.9 Å². The summed E-state index contributed by atoms with van der Waals surface area (Å²) < 4.78 is 32.9. The molecule has 8 heteroatoms. The smallest absolute Gasteiger partial charge is 0.214 e. The highest BCUT2D eigenvalue weighted by atomic mass is 32.2.